The fourth-order valence-corrected chi connectivity index (χ4v) is 2.40. The van der Waals surface area contributed by atoms with Gasteiger partial charge in [0, 0.05) is 0 Å². The summed E-state index contributed by atoms with van der Waals surface area (Å²) in [4.78, 5) is 6.66. The molecule has 2 rings (SSSR count). The van der Waals surface area contributed by atoms with Crippen LogP contribution < -0.4 is 0 Å². The van der Waals surface area contributed by atoms with Crippen molar-refractivity contribution < 1.29 is 8.83 Å². The summed E-state index contributed by atoms with van der Waals surface area (Å²) in [5.41, 5.74) is 0. The minimum atomic E-state index is 0.600. The van der Waals surface area contributed by atoms with Gasteiger partial charge >= 0.3 is 0 Å². The molecule has 0 bridgehead atoms. The predicted octanol–water partition coefficient (Wildman–Crippen LogP) is 3.78. The molecule has 0 fully saturated rings. The first kappa shape index (κ1) is 14.5. The third kappa shape index (κ3) is 4.06. The lowest BCUT2D eigenvalue weighted by Gasteiger charge is -2.23. The van der Waals surface area contributed by atoms with E-state index in [9.17, 15) is 0 Å². The van der Waals surface area contributed by atoms with Gasteiger partial charge in [-0.2, -0.15) is 0 Å². The van der Waals surface area contributed by atoms with E-state index in [0.29, 0.717) is 19.6 Å². The molecule has 2 aromatic heterocycles. The van der Waals surface area contributed by atoms with E-state index in [0.717, 1.165) is 16.7 Å². The highest BCUT2D eigenvalue weighted by Gasteiger charge is 2.14. The number of rotatable bonds is 6. The van der Waals surface area contributed by atoms with Crippen LogP contribution in [0.3, 0.4) is 0 Å². The number of aliphatic imine (C=N–C) groups is 1. The summed E-state index contributed by atoms with van der Waals surface area (Å²) in [6.07, 6.45) is 7.16. The van der Waals surface area contributed by atoms with Gasteiger partial charge in [-0.25, -0.2) is 0 Å². The summed E-state index contributed by atoms with van der Waals surface area (Å²) < 4.78 is 10.9. The van der Waals surface area contributed by atoms with Crippen molar-refractivity contribution >= 4 is 16.9 Å². The molecule has 20 heavy (non-hydrogen) atoms. The molecule has 0 saturated carbocycles. The Morgan fingerprint density at radius 2 is 1.85 bits per heavy atom. The summed E-state index contributed by atoms with van der Waals surface area (Å²) in [7, 11) is 0. The maximum absolute atomic E-state index is 5.43. The summed E-state index contributed by atoms with van der Waals surface area (Å²) in [6, 6.07) is 7.70. The Labute approximate surface area is 123 Å². The second-order valence-electron chi connectivity index (χ2n) is 4.13. The molecule has 0 N–H and O–H groups in total. The molecule has 0 aliphatic carbocycles. The van der Waals surface area contributed by atoms with Crippen LogP contribution in [0.5, 0.6) is 0 Å². The number of amidine groups is 1. The van der Waals surface area contributed by atoms with Crippen molar-refractivity contribution in [3.63, 3.8) is 0 Å². The zero-order chi connectivity index (χ0) is 14.2. The lowest BCUT2D eigenvalue weighted by Crippen LogP contribution is -2.27. The average molecular weight is 290 g/mol. The molecule has 0 amide bonds. The summed E-state index contributed by atoms with van der Waals surface area (Å²) in [6.45, 7) is 5.62. The van der Waals surface area contributed by atoms with Crippen molar-refractivity contribution in [1.82, 2.24) is 4.90 Å². The highest BCUT2D eigenvalue weighted by Crippen LogP contribution is 2.16. The van der Waals surface area contributed by atoms with Gasteiger partial charge in [-0.05, 0) is 30.5 Å². The first-order chi connectivity index (χ1) is 9.83. The molecule has 0 atom stereocenters. The van der Waals surface area contributed by atoms with Gasteiger partial charge in [0.2, 0.25) is 0 Å². The van der Waals surface area contributed by atoms with Crippen molar-refractivity contribution in [2.24, 2.45) is 4.99 Å². The lowest BCUT2D eigenvalue weighted by molar-refractivity contribution is 0.330. The standard InChI is InChI=1S/C15H18N2O2S/c1-3-8-16-15(20-2)17(11-13-6-4-9-18-13)12-14-7-5-10-19-14/h3-7,9-10H,1,8,11-12H2,2H3. The van der Waals surface area contributed by atoms with Crippen molar-refractivity contribution in [1.29, 1.82) is 0 Å². The van der Waals surface area contributed by atoms with E-state index >= 15 is 0 Å². The number of nitrogens with zero attached hydrogens (tertiary/aromatic N) is 2. The minimum absolute atomic E-state index is 0.600. The second-order valence-corrected chi connectivity index (χ2v) is 4.90. The van der Waals surface area contributed by atoms with Crippen LogP contribution in [0, 0.1) is 0 Å². The zero-order valence-electron chi connectivity index (χ0n) is 11.5. The van der Waals surface area contributed by atoms with Crippen LogP contribution in [0.4, 0.5) is 0 Å². The maximum Gasteiger partial charge on any atom is 0.160 e. The van der Waals surface area contributed by atoms with E-state index in [-0.39, 0.29) is 0 Å². The molecule has 0 saturated heterocycles. The predicted molar refractivity (Wildman–Crippen MR) is 82.7 cm³/mol. The highest BCUT2D eigenvalue weighted by molar-refractivity contribution is 8.13. The highest BCUT2D eigenvalue weighted by atomic mass is 32.2. The first-order valence-electron chi connectivity index (χ1n) is 6.32. The topological polar surface area (TPSA) is 41.9 Å². The van der Waals surface area contributed by atoms with Crippen LogP contribution in [0.1, 0.15) is 11.5 Å². The molecule has 0 aliphatic rings. The van der Waals surface area contributed by atoms with Gasteiger partial charge in [0.05, 0.1) is 32.2 Å². The Balaban J connectivity index is 2.15. The van der Waals surface area contributed by atoms with E-state index in [1.807, 2.05) is 30.5 Å². The van der Waals surface area contributed by atoms with Gasteiger partial charge in [-0.15, -0.1) is 6.58 Å². The van der Waals surface area contributed by atoms with E-state index in [2.05, 4.69) is 16.5 Å². The second kappa shape index (κ2) is 7.65. The Morgan fingerprint density at radius 3 is 2.25 bits per heavy atom. The molecular formula is C15H18N2O2S. The lowest BCUT2D eigenvalue weighted by atomic mass is 10.3. The van der Waals surface area contributed by atoms with E-state index in [4.69, 9.17) is 8.83 Å². The summed E-state index contributed by atoms with van der Waals surface area (Å²) in [5.74, 6) is 1.80. The summed E-state index contributed by atoms with van der Waals surface area (Å²) >= 11 is 1.61. The number of hydrogen-bond acceptors (Lipinski definition) is 4. The summed E-state index contributed by atoms with van der Waals surface area (Å²) in [5, 5.41) is 0.942. The molecule has 2 heterocycles. The fraction of sp³-hybridized carbons (Fsp3) is 0.267. The molecular weight excluding hydrogens is 272 g/mol. The van der Waals surface area contributed by atoms with E-state index in [1.54, 1.807) is 30.4 Å². The van der Waals surface area contributed by atoms with Gasteiger partial charge in [0.15, 0.2) is 5.17 Å². The van der Waals surface area contributed by atoms with Crippen molar-refractivity contribution in [3.05, 3.63) is 61.0 Å². The van der Waals surface area contributed by atoms with Gasteiger partial charge in [-0.3, -0.25) is 4.99 Å². The Kier molecular flexibility index (Phi) is 5.55. The molecule has 2 aromatic rings. The van der Waals surface area contributed by atoms with Crippen LogP contribution in [0.15, 0.2) is 63.3 Å². The minimum Gasteiger partial charge on any atom is -0.467 e. The number of thioether (sulfide) groups is 1. The van der Waals surface area contributed by atoms with Crippen molar-refractivity contribution in [2.75, 3.05) is 12.8 Å². The molecule has 0 aromatic carbocycles. The maximum atomic E-state index is 5.43. The Hall–Kier alpha value is -1.88. The number of furan rings is 2. The van der Waals surface area contributed by atoms with Crippen molar-refractivity contribution in [2.45, 2.75) is 13.1 Å². The molecule has 0 aliphatic heterocycles. The van der Waals surface area contributed by atoms with Crippen LogP contribution in [0.25, 0.3) is 0 Å². The van der Waals surface area contributed by atoms with Crippen molar-refractivity contribution in [3.8, 4) is 0 Å². The molecule has 0 radical (unpaired) electrons. The molecule has 106 valence electrons. The molecule has 0 unspecified atom stereocenters. The molecule has 0 spiro atoms. The Bertz CT molecular complexity index is 496. The van der Waals surface area contributed by atoms with Crippen LogP contribution >= 0.6 is 11.8 Å². The normalized spacial score (nSPS) is 11.6. The van der Waals surface area contributed by atoms with E-state index < -0.39 is 0 Å². The van der Waals surface area contributed by atoms with Gasteiger partial charge in [0.1, 0.15) is 11.5 Å². The van der Waals surface area contributed by atoms with Crippen LogP contribution in [0.2, 0.25) is 0 Å². The molecule has 4 nitrogen and oxygen atoms in total. The first-order valence-corrected chi connectivity index (χ1v) is 7.55. The smallest absolute Gasteiger partial charge is 0.160 e. The Morgan fingerprint density at radius 1 is 1.25 bits per heavy atom. The fourth-order valence-electron chi connectivity index (χ4n) is 1.81. The zero-order valence-corrected chi connectivity index (χ0v) is 12.3. The number of hydrogen-bond donors (Lipinski definition) is 0. The largest absolute Gasteiger partial charge is 0.467 e. The monoisotopic (exact) mass is 290 g/mol. The third-order valence-electron chi connectivity index (χ3n) is 2.66. The van der Waals surface area contributed by atoms with Crippen LogP contribution in [-0.2, 0) is 13.1 Å². The van der Waals surface area contributed by atoms with Gasteiger partial charge in [-0.1, -0.05) is 17.8 Å². The van der Waals surface area contributed by atoms with Crippen LogP contribution in [-0.4, -0.2) is 22.9 Å². The van der Waals surface area contributed by atoms with E-state index in [1.165, 1.54) is 0 Å². The quantitative estimate of drug-likeness (QED) is 0.461. The van der Waals surface area contributed by atoms with Gasteiger partial charge < -0.3 is 13.7 Å². The third-order valence-corrected chi connectivity index (χ3v) is 3.41. The average Bonchev–Trinajstić information content (AvgIpc) is 3.13. The molecule has 5 heteroatoms. The van der Waals surface area contributed by atoms with Gasteiger partial charge in [0.25, 0.3) is 0 Å². The SMILES string of the molecule is C=CCN=C(SC)N(Cc1ccco1)Cc1ccco1.